The molecule has 1 aliphatic rings. The van der Waals surface area contributed by atoms with Crippen molar-refractivity contribution in [1.82, 2.24) is 14.5 Å². The number of para-hydroxylation sites is 2. The number of imidazole rings is 1. The third kappa shape index (κ3) is 2.77. The van der Waals surface area contributed by atoms with E-state index < -0.39 is 0 Å². The van der Waals surface area contributed by atoms with Crippen molar-refractivity contribution in [1.29, 1.82) is 0 Å². The van der Waals surface area contributed by atoms with Gasteiger partial charge in [0.2, 0.25) is 5.91 Å². The second-order valence-electron chi connectivity index (χ2n) is 6.73. The number of pyridine rings is 1. The van der Waals surface area contributed by atoms with Crippen molar-refractivity contribution in [3.05, 3.63) is 73.3 Å². The molecule has 0 saturated carbocycles. The molecule has 1 fully saturated rings. The number of anilines is 1. The maximum Gasteiger partial charge on any atom is 0.227 e. The molecule has 27 heavy (non-hydrogen) atoms. The number of hydrogen-bond donors (Lipinski definition) is 0. The number of nitrogens with zero attached hydrogens (tertiary/aromatic N) is 4. The van der Waals surface area contributed by atoms with E-state index in [2.05, 4.69) is 22.1 Å². The Kier molecular flexibility index (Phi) is 3.71. The van der Waals surface area contributed by atoms with Crippen LogP contribution in [0.25, 0.3) is 27.8 Å². The normalized spacial score (nSPS) is 14.2. The number of carbonyl (C=O) groups is 1. The molecule has 0 bridgehead atoms. The molecule has 2 aromatic heterocycles. The van der Waals surface area contributed by atoms with E-state index in [1.54, 1.807) is 0 Å². The Morgan fingerprint density at radius 1 is 0.889 bits per heavy atom. The standard InChI is InChI=1S/C22H18N4O/c27-22-6-3-11-25(22)18-9-7-16(8-10-18)17-12-19(14-23-13-17)26-15-24-20-4-1-2-5-21(20)26/h1-2,4-5,7-10,12-15H,3,6,11H2. The van der Waals surface area contributed by atoms with Gasteiger partial charge in [-0.05, 0) is 42.3 Å². The van der Waals surface area contributed by atoms with Crippen LogP contribution in [0, 0.1) is 0 Å². The Balaban J connectivity index is 1.49. The maximum atomic E-state index is 11.9. The summed E-state index contributed by atoms with van der Waals surface area (Å²) in [7, 11) is 0. The molecule has 3 heterocycles. The number of aromatic nitrogens is 3. The zero-order valence-electron chi connectivity index (χ0n) is 14.7. The third-order valence-corrected chi connectivity index (χ3v) is 5.04. The number of fused-ring (bicyclic) bond motifs is 1. The van der Waals surface area contributed by atoms with Gasteiger partial charge in [-0.1, -0.05) is 24.3 Å². The van der Waals surface area contributed by atoms with Gasteiger partial charge in [0.1, 0.15) is 6.33 Å². The van der Waals surface area contributed by atoms with Crippen molar-refractivity contribution in [3.63, 3.8) is 0 Å². The Morgan fingerprint density at radius 3 is 2.56 bits per heavy atom. The highest BCUT2D eigenvalue weighted by Crippen LogP contribution is 2.27. The van der Waals surface area contributed by atoms with E-state index in [4.69, 9.17) is 0 Å². The summed E-state index contributed by atoms with van der Waals surface area (Å²) >= 11 is 0. The van der Waals surface area contributed by atoms with E-state index in [0.29, 0.717) is 6.42 Å². The molecule has 2 aromatic carbocycles. The lowest BCUT2D eigenvalue weighted by Crippen LogP contribution is -2.23. The fourth-order valence-electron chi connectivity index (χ4n) is 3.64. The second-order valence-corrected chi connectivity index (χ2v) is 6.73. The van der Waals surface area contributed by atoms with Crippen LogP contribution in [0.15, 0.2) is 73.3 Å². The van der Waals surface area contributed by atoms with Gasteiger partial charge in [0, 0.05) is 30.4 Å². The van der Waals surface area contributed by atoms with Crippen LogP contribution in [0.5, 0.6) is 0 Å². The van der Waals surface area contributed by atoms with E-state index in [0.717, 1.165) is 46.5 Å². The first-order valence-corrected chi connectivity index (χ1v) is 9.08. The predicted molar refractivity (Wildman–Crippen MR) is 106 cm³/mol. The van der Waals surface area contributed by atoms with E-state index >= 15 is 0 Å². The van der Waals surface area contributed by atoms with Crippen LogP contribution in [0.2, 0.25) is 0 Å². The number of amides is 1. The van der Waals surface area contributed by atoms with Crippen molar-refractivity contribution in [2.24, 2.45) is 0 Å². The fraction of sp³-hybridized carbons (Fsp3) is 0.136. The first-order valence-electron chi connectivity index (χ1n) is 9.08. The van der Waals surface area contributed by atoms with E-state index in [1.165, 1.54) is 0 Å². The summed E-state index contributed by atoms with van der Waals surface area (Å²) in [6, 6.07) is 18.3. The molecule has 4 aromatic rings. The van der Waals surface area contributed by atoms with Crippen molar-refractivity contribution in [2.75, 3.05) is 11.4 Å². The largest absolute Gasteiger partial charge is 0.312 e. The summed E-state index contributed by atoms with van der Waals surface area (Å²) in [6.45, 7) is 0.808. The smallest absolute Gasteiger partial charge is 0.227 e. The van der Waals surface area contributed by atoms with Crippen LogP contribution in [0.3, 0.4) is 0 Å². The average molecular weight is 354 g/mol. The quantitative estimate of drug-likeness (QED) is 0.554. The zero-order chi connectivity index (χ0) is 18.2. The maximum absolute atomic E-state index is 11.9. The van der Waals surface area contributed by atoms with Crippen LogP contribution in [0.1, 0.15) is 12.8 Å². The van der Waals surface area contributed by atoms with E-state index in [9.17, 15) is 4.79 Å². The highest BCUT2D eigenvalue weighted by Gasteiger charge is 2.21. The molecular formula is C22H18N4O. The minimum absolute atomic E-state index is 0.207. The van der Waals surface area contributed by atoms with E-state index in [-0.39, 0.29) is 5.91 Å². The molecule has 5 heteroatoms. The first-order chi connectivity index (χ1) is 13.3. The molecule has 0 N–H and O–H groups in total. The lowest BCUT2D eigenvalue weighted by molar-refractivity contribution is -0.117. The Morgan fingerprint density at radius 2 is 1.74 bits per heavy atom. The molecule has 0 aliphatic carbocycles. The molecule has 132 valence electrons. The summed E-state index contributed by atoms with van der Waals surface area (Å²) in [4.78, 5) is 22.7. The minimum atomic E-state index is 0.207. The highest BCUT2D eigenvalue weighted by molar-refractivity contribution is 5.95. The molecular weight excluding hydrogens is 336 g/mol. The minimum Gasteiger partial charge on any atom is -0.312 e. The molecule has 1 saturated heterocycles. The number of rotatable bonds is 3. The Hall–Kier alpha value is -3.47. The Bertz CT molecular complexity index is 1130. The van der Waals surface area contributed by atoms with Crippen molar-refractivity contribution >= 4 is 22.6 Å². The van der Waals surface area contributed by atoms with Gasteiger partial charge < -0.3 is 4.90 Å². The van der Waals surface area contributed by atoms with Gasteiger partial charge in [-0.2, -0.15) is 0 Å². The van der Waals surface area contributed by atoms with Crippen LogP contribution in [0.4, 0.5) is 5.69 Å². The Labute approximate surface area is 156 Å². The topological polar surface area (TPSA) is 51.0 Å². The number of hydrogen-bond acceptors (Lipinski definition) is 3. The lowest BCUT2D eigenvalue weighted by Gasteiger charge is -2.16. The molecule has 0 atom stereocenters. The van der Waals surface area contributed by atoms with Gasteiger partial charge in [-0.15, -0.1) is 0 Å². The molecule has 5 nitrogen and oxygen atoms in total. The monoisotopic (exact) mass is 354 g/mol. The molecule has 1 aliphatic heterocycles. The van der Waals surface area contributed by atoms with E-state index in [1.807, 2.05) is 70.7 Å². The molecule has 0 spiro atoms. The fourth-order valence-corrected chi connectivity index (χ4v) is 3.64. The summed E-state index contributed by atoms with van der Waals surface area (Å²) in [5, 5.41) is 0. The third-order valence-electron chi connectivity index (χ3n) is 5.04. The van der Waals surface area contributed by atoms with Gasteiger partial charge >= 0.3 is 0 Å². The van der Waals surface area contributed by atoms with Crippen LogP contribution in [-0.4, -0.2) is 27.0 Å². The van der Waals surface area contributed by atoms with Gasteiger partial charge in [0.25, 0.3) is 0 Å². The summed E-state index contributed by atoms with van der Waals surface area (Å²) in [5.74, 6) is 0.207. The molecule has 1 amide bonds. The zero-order valence-corrected chi connectivity index (χ0v) is 14.7. The molecule has 5 rings (SSSR count). The SMILES string of the molecule is O=C1CCCN1c1ccc(-c2cncc(-n3cnc4ccccc43)c2)cc1. The van der Waals surface area contributed by atoms with Gasteiger partial charge in [-0.3, -0.25) is 14.3 Å². The summed E-state index contributed by atoms with van der Waals surface area (Å²) < 4.78 is 2.04. The van der Waals surface area contributed by atoms with Crippen molar-refractivity contribution in [3.8, 4) is 16.8 Å². The van der Waals surface area contributed by atoms with Gasteiger partial charge in [0.15, 0.2) is 0 Å². The highest BCUT2D eigenvalue weighted by atomic mass is 16.2. The lowest BCUT2D eigenvalue weighted by atomic mass is 10.1. The number of benzene rings is 2. The summed E-state index contributed by atoms with van der Waals surface area (Å²) in [6.07, 6.45) is 7.11. The molecule has 0 radical (unpaired) electrons. The van der Waals surface area contributed by atoms with Crippen LogP contribution in [-0.2, 0) is 4.79 Å². The first kappa shape index (κ1) is 15.8. The number of carbonyl (C=O) groups excluding carboxylic acids is 1. The van der Waals surface area contributed by atoms with Crippen LogP contribution >= 0.6 is 0 Å². The second kappa shape index (κ2) is 6.36. The predicted octanol–water partition coefficient (Wildman–Crippen LogP) is 4.21. The van der Waals surface area contributed by atoms with Crippen molar-refractivity contribution in [2.45, 2.75) is 12.8 Å². The van der Waals surface area contributed by atoms with Crippen LogP contribution < -0.4 is 4.90 Å². The van der Waals surface area contributed by atoms with Crippen molar-refractivity contribution < 1.29 is 4.79 Å². The molecule has 0 unspecified atom stereocenters. The van der Waals surface area contributed by atoms with Gasteiger partial charge in [0.05, 0.1) is 22.9 Å². The summed E-state index contributed by atoms with van der Waals surface area (Å²) in [5.41, 5.74) is 6.06. The van der Waals surface area contributed by atoms with Gasteiger partial charge in [-0.25, -0.2) is 4.98 Å². The average Bonchev–Trinajstić information content (AvgIpc) is 3.34.